The molecular formula is C16H17ClN2O. The molecule has 1 heterocycles. The predicted molar refractivity (Wildman–Crippen MR) is 81.1 cm³/mol. The zero-order chi connectivity index (χ0) is 13.9. The van der Waals surface area contributed by atoms with Crippen LogP contribution in [0.3, 0.4) is 0 Å². The summed E-state index contributed by atoms with van der Waals surface area (Å²) in [5, 5.41) is 1.05. The Kier molecular flexibility index (Phi) is 3.88. The lowest BCUT2D eigenvalue weighted by molar-refractivity contribution is 0.0592. The first-order chi connectivity index (χ1) is 9.79. The molecule has 0 N–H and O–H groups in total. The molecule has 2 aromatic rings. The van der Waals surface area contributed by atoms with Crippen molar-refractivity contribution in [2.24, 2.45) is 0 Å². The summed E-state index contributed by atoms with van der Waals surface area (Å²) in [6.07, 6.45) is 3.36. The molecule has 0 aliphatic heterocycles. The number of alkyl halides is 1. The van der Waals surface area contributed by atoms with E-state index in [-0.39, 0.29) is 5.91 Å². The number of carbonyl (C=O) groups excluding carboxylic acids is 1. The summed E-state index contributed by atoms with van der Waals surface area (Å²) in [6, 6.07) is 11.9. The molecule has 20 heavy (non-hydrogen) atoms. The molecule has 1 aromatic carbocycles. The number of para-hydroxylation sites is 1. The van der Waals surface area contributed by atoms with Crippen molar-refractivity contribution in [3.8, 4) is 0 Å². The van der Waals surface area contributed by atoms with E-state index in [1.54, 1.807) is 0 Å². The minimum atomic E-state index is 0.00102. The number of aromatic nitrogens is 1. The topological polar surface area (TPSA) is 33.2 Å². The minimum absolute atomic E-state index is 0.00102. The Morgan fingerprint density at radius 2 is 2.05 bits per heavy atom. The van der Waals surface area contributed by atoms with Crippen LogP contribution in [0.5, 0.6) is 0 Å². The molecule has 3 rings (SSSR count). The van der Waals surface area contributed by atoms with Gasteiger partial charge in [0.2, 0.25) is 0 Å². The van der Waals surface area contributed by atoms with Gasteiger partial charge in [0.05, 0.1) is 5.52 Å². The van der Waals surface area contributed by atoms with Crippen LogP contribution in [0.2, 0.25) is 0 Å². The quantitative estimate of drug-likeness (QED) is 0.807. The molecule has 0 radical (unpaired) electrons. The van der Waals surface area contributed by atoms with Gasteiger partial charge in [-0.15, -0.1) is 11.6 Å². The predicted octanol–water partition coefficient (Wildman–Crippen LogP) is 3.47. The van der Waals surface area contributed by atoms with Crippen LogP contribution in [0.1, 0.15) is 29.8 Å². The van der Waals surface area contributed by atoms with Crippen LogP contribution in [-0.4, -0.2) is 34.3 Å². The van der Waals surface area contributed by atoms with Gasteiger partial charge in [-0.2, -0.15) is 0 Å². The largest absolute Gasteiger partial charge is 0.333 e. The molecule has 4 heteroatoms. The Bertz CT molecular complexity index is 625. The molecule has 0 bridgehead atoms. The third-order valence-electron chi connectivity index (χ3n) is 3.92. The molecule has 104 valence electrons. The van der Waals surface area contributed by atoms with E-state index in [0.29, 0.717) is 24.2 Å². The molecule has 0 saturated heterocycles. The Balaban J connectivity index is 1.89. The Morgan fingerprint density at radius 1 is 1.25 bits per heavy atom. The average Bonchev–Trinajstić information content (AvgIpc) is 2.43. The maximum absolute atomic E-state index is 12.6. The molecule has 1 aliphatic rings. The maximum Gasteiger partial charge on any atom is 0.272 e. The second kappa shape index (κ2) is 5.80. The van der Waals surface area contributed by atoms with Gasteiger partial charge in [0.25, 0.3) is 5.91 Å². The minimum Gasteiger partial charge on any atom is -0.333 e. The Hall–Kier alpha value is -1.61. The number of carbonyl (C=O) groups is 1. The first kappa shape index (κ1) is 13.4. The van der Waals surface area contributed by atoms with Crippen molar-refractivity contribution in [3.05, 3.63) is 42.1 Å². The van der Waals surface area contributed by atoms with Crippen molar-refractivity contribution in [2.45, 2.75) is 25.3 Å². The lowest BCUT2D eigenvalue weighted by Gasteiger charge is -2.37. The zero-order valence-corrected chi connectivity index (χ0v) is 12.0. The van der Waals surface area contributed by atoms with Gasteiger partial charge in [-0.1, -0.05) is 24.3 Å². The number of hydrogen-bond donors (Lipinski definition) is 0. The third-order valence-corrected chi connectivity index (χ3v) is 4.09. The highest BCUT2D eigenvalue weighted by molar-refractivity contribution is 6.18. The SMILES string of the molecule is O=C(c1ccc2ccccc2n1)N(CCCl)C1CCC1. The summed E-state index contributed by atoms with van der Waals surface area (Å²) in [6.45, 7) is 0.597. The number of rotatable bonds is 4. The summed E-state index contributed by atoms with van der Waals surface area (Å²) in [7, 11) is 0. The van der Waals surface area contributed by atoms with E-state index in [2.05, 4.69) is 4.98 Å². The van der Waals surface area contributed by atoms with Crippen LogP contribution in [0.4, 0.5) is 0 Å². The fourth-order valence-electron chi connectivity index (χ4n) is 2.57. The molecular weight excluding hydrogens is 272 g/mol. The fraction of sp³-hybridized carbons (Fsp3) is 0.375. The van der Waals surface area contributed by atoms with Crippen molar-refractivity contribution in [1.82, 2.24) is 9.88 Å². The normalized spacial score (nSPS) is 15.1. The van der Waals surface area contributed by atoms with Gasteiger partial charge in [0.1, 0.15) is 5.69 Å². The number of nitrogens with zero attached hydrogens (tertiary/aromatic N) is 2. The summed E-state index contributed by atoms with van der Waals surface area (Å²) < 4.78 is 0. The van der Waals surface area contributed by atoms with Gasteiger partial charge < -0.3 is 4.90 Å². The molecule has 1 saturated carbocycles. The van der Waals surface area contributed by atoms with Crippen LogP contribution < -0.4 is 0 Å². The average molecular weight is 289 g/mol. The van der Waals surface area contributed by atoms with Crippen LogP contribution >= 0.6 is 11.6 Å². The first-order valence-electron chi connectivity index (χ1n) is 7.02. The molecule has 1 aromatic heterocycles. The van der Waals surface area contributed by atoms with Gasteiger partial charge in [-0.25, -0.2) is 4.98 Å². The van der Waals surface area contributed by atoms with Crippen molar-refractivity contribution >= 4 is 28.4 Å². The van der Waals surface area contributed by atoms with E-state index >= 15 is 0 Å². The Morgan fingerprint density at radius 3 is 2.75 bits per heavy atom. The monoisotopic (exact) mass is 288 g/mol. The van der Waals surface area contributed by atoms with Gasteiger partial charge in [-0.05, 0) is 31.4 Å². The lowest BCUT2D eigenvalue weighted by atomic mass is 9.91. The zero-order valence-electron chi connectivity index (χ0n) is 11.3. The summed E-state index contributed by atoms with van der Waals surface area (Å²) in [5.74, 6) is 0.469. The van der Waals surface area contributed by atoms with Crippen molar-refractivity contribution in [3.63, 3.8) is 0 Å². The summed E-state index contributed by atoms with van der Waals surface area (Å²) >= 11 is 5.83. The highest BCUT2D eigenvalue weighted by Crippen LogP contribution is 2.26. The molecule has 0 atom stereocenters. The van der Waals surface area contributed by atoms with Crippen molar-refractivity contribution in [2.75, 3.05) is 12.4 Å². The molecule has 1 amide bonds. The van der Waals surface area contributed by atoms with E-state index < -0.39 is 0 Å². The second-order valence-corrected chi connectivity index (χ2v) is 5.54. The number of amides is 1. The van der Waals surface area contributed by atoms with E-state index in [9.17, 15) is 4.79 Å². The molecule has 0 spiro atoms. The van der Waals surface area contributed by atoms with Gasteiger partial charge in [0.15, 0.2) is 0 Å². The lowest BCUT2D eigenvalue weighted by Crippen LogP contribution is -2.45. The maximum atomic E-state index is 12.6. The highest BCUT2D eigenvalue weighted by Gasteiger charge is 2.29. The standard InChI is InChI=1S/C16H17ClN2O/c17-10-11-19(13-5-3-6-13)16(20)15-9-8-12-4-1-2-7-14(12)18-15/h1-2,4,7-9,13H,3,5-6,10-11H2. The first-order valence-corrected chi connectivity index (χ1v) is 7.56. The number of hydrogen-bond acceptors (Lipinski definition) is 2. The number of fused-ring (bicyclic) bond motifs is 1. The smallest absolute Gasteiger partial charge is 0.272 e. The van der Waals surface area contributed by atoms with Crippen LogP contribution in [-0.2, 0) is 0 Å². The van der Waals surface area contributed by atoms with E-state index in [1.807, 2.05) is 41.3 Å². The van der Waals surface area contributed by atoms with Crippen LogP contribution in [0.25, 0.3) is 10.9 Å². The molecule has 1 aliphatic carbocycles. The van der Waals surface area contributed by atoms with Gasteiger partial charge in [-0.3, -0.25) is 4.79 Å². The summed E-state index contributed by atoms with van der Waals surface area (Å²) in [5.41, 5.74) is 1.37. The van der Waals surface area contributed by atoms with Crippen LogP contribution in [0, 0.1) is 0 Å². The number of benzene rings is 1. The number of pyridine rings is 1. The fourth-order valence-corrected chi connectivity index (χ4v) is 2.75. The summed E-state index contributed by atoms with van der Waals surface area (Å²) in [4.78, 5) is 19.0. The van der Waals surface area contributed by atoms with Gasteiger partial charge in [0, 0.05) is 23.9 Å². The van der Waals surface area contributed by atoms with E-state index in [4.69, 9.17) is 11.6 Å². The second-order valence-electron chi connectivity index (χ2n) is 5.16. The van der Waals surface area contributed by atoms with Gasteiger partial charge >= 0.3 is 0 Å². The van der Waals surface area contributed by atoms with E-state index in [1.165, 1.54) is 6.42 Å². The molecule has 3 nitrogen and oxygen atoms in total. The van der Waals surface area contributed by atoms with Crippen molar-refractivity contribution < 1.29 is 4.79 Å². The van der Waals surface area contributed by atoms with Crippen molar-refractivity contribution in [1.29, 1.82) is 0 Å². The van der Waals surface area contributed by atoms with Crippen LogP contribution in [0.15, 0.2) is 36.4 Å². The molecule has 1 fully saturated rings. The number of halogens is 1. The molecule has 0 unspecified atom stereocenters. The van der Waals surface area contributed by atoms with E-state index in [0.717, 1.165) is 23.7 Å². The highest BCUT2D eigenvalue weighted by atomic mass is 35.5. The Labute approximate surface area is 123 Å². The third kappa shape index (κ3) is 2.50.